The van der Waals surface area contributed by atoms with E-state index in [4.69, 9.17) is 4.52 Å². The van der Waals surface area contributed by atoms with Crippen molar-refractivity contribution in [3.63, 3.8) is 0 Å². The van der Waals surface area contributed by atoms with Gasteiger partial charge in [0.15, 0.2) is 0 Å². The summed E-state index contributed by atoms with van der Waals surface area (Å²) in [4.78, 5) is 23.3. The van der Waals surface area contributed by atoms with Gasteiger partial charge in [0.25, 0.3) is 5.76 Å². The van der Waals surface area contributed by atoms with Gasteiger partial charge < -0.3 is 14.0 Å². The summed E-state index contributed by atoms with van der Waals surface area (Å²) in [5, 5.41) is 3.71. The molecule has 0 N–H and O–H groups in total. The van der Waals surface area contributed by atoms with Crippen LogP contribution in [-0.2, 0) is 9.47 Å². The largest absolute Gasteiger partial charge is 0.465 e. The lowest BCUT2D eigenvalue weighted by Crippen LogP contribution is -2.10. The van der Waals surface area contributed by atoms with Crippen LogP contribution in [0, 0.1) is 0 Å². The van der Waals surface area contributed by atoms with Crippen molar-refractivity contribution in [1.82, 2.24) is 5.16 Å². The number of hydrogen-bond donors (Lipinski definition) is 0. The Morgan fingerprint density at radius 1 is 1.05 bits per heavy atom. The first-order valence-electron chi connectivity index (χ1n) is 6.06. The van der Waals surface area contributed by atoms with Gasteiger partial charge in [0.2, 0.25) is 0 Å². The van der Waals surface area contributed by atoms with E-state index in [1.54, 1.807) is 12.2 Å². The first-order valence-corrected chi connectivity index (χ1v) is 6.06. The molecule has 0 saturated carbocycles. The first-order chi connectivity index (χ1) is 10.2. The van der Waals surface area contributed by atoms with E-state index in [1.807, 2.05) is 30.3 Å². The molecule has 6 heteroatoms. The maximum Gasteiger partial charge on any atom is 0.377 e. The Morgan fingerprint density at radius 2 is 1.71 bits per heavy atom. The number of methoxy groups -OCH3 is 2. The summed E-state index contributed by atoms with van der Waals surface area (Å²) in [6.07, 6.45) is 3.31. The van der Waals surface area contributed by atoms with E-state index in [0.29, 0.717) is 0 Å². The molecule has 108 valence electrons. The van der Waals surface area contributed by atoms with Gasteiger partial charge in [-0.2, -0.15) is 0 Å². The summed E-state index contributed by atoms with van der Waals surface area (Å²) >= 11 is 0. The van der Waals surface area contributed by atoms with Crippen molar-refractivity contribution >= 4 is 24.1 Å². The van der Waals surface area contributed by atoms with E-state index in [9.17, 15) is 9.59 Å². The molecule has 0 bridgehead atoms. The van der Waals surface area contributed by atoms with Crippen LogP contribution < -0.4 is 0 Å². The minimum absolute atomic E-state index is 0.0588. The minimum Gasteiger partial charge on any atom is -0.465 e. The number of rotatable bonds is 4. The van der Waals surface area contributed by atoms with Crippen LogP contribution in [0.3, 0.4) is 0 Å². The molecule has 0 atom stereocenters. The number of ether oxygens (including phenoxy) is 2. The van der Waals surface area contributed by atoms with Crippen LogP contribution in [0.25, 0.3) is 12.2 Å². The standard InChI is InChI=1S/C15H13NO5/c1-19-14(17)12-11(16-21-13(12)15(18)20-2)9-8-10-6-4-3-5-7-10/h3-9H,1-2H3/b9-8+. The molecule has 0 unspecified atom stereocenters. The molecular formula is C15H13NO5. The van der Waals surface area contributed by atoms with Gasteiger partial charge in [0, 0.05) is 0 Å². The average Bonchev–Trinajstić information content (AvgIpc) is 2.96. The Bertz CT molecular complexity index is 673. The van der Waals surface area contributed by atoms with Gasteiger partial charge in [-0.15, -0.1) is 0 Å². The van der Waals surface area contributed by atoms with Gasteiger partial charge in [-0.25, -0.2) is 9.59 Å². The molecule has 0 saturated heterocycles. The number of aromatic nitrogens is 1. The second kappa shape index (κ2) is 6.51. The Balaban J connectivity index is 2.40. The number of nitrogens with zero attached hydrogens (tertiary/aromatic N) is 1. The quantitative estimate of drug-likeness (QED) is 0.803. The van der Waals surface area contributed by atoms with Gasteiger partial charge in [-0.3, -0.25) is 0 Å². The van der Waals surface area contributed by atoms with E-state index >= 15 is 0 Å². The van der Waals surface area contributed by atoms with Gasteiger partial charge in [0.1, 0.15) is 11.3 Å². The normalized spacial score (nSPS) is 10.6. The van der Waals surface area contributed by atoms with Crippen molar-refractivity contribution in [1.29, 1.82) is 0 Å². The lowest BCUT2D eigenvalue weighted by Gasteiger charge is -1.98. The molecule has 0 spiro atoms. The Morgan fingerprint density at radius 3 is 2.33 bits per heavy atom. The summed E-state index contributed by atoms with van der Waals surface area (Å²) in [6, 6.07) is 9.42. The molecule has 0 fully saturated rings. The summed E-state index contributed by atoms with van der Waals surface area (Å²) in [7, 11) is 2.40. The molecule has 0 radical (unpaired) electrons. The van der Waals surface area contributed by atoms with E-state index in [0.717, 1.165) is 5.56 Å². The zero-order chi connectivity index (χ0) is 15.2. The van der Waals surface area contributed by atoms with Crippen LogP contribution in [0.4, 0.5) is 0 Å². The fraction of sp³-hybridized carbons (Fsp3) is 0.133. The number of benzene rings is 1. The second-order valence-electron chi connectivity index (χ2n) is 4.00. The van der Waals surface area contributed by atoms with Crippen molar-refractivity contribution in [2.75, 3.05) is 14.2 Å². The molecular weight excluding hydrogens is 274 g/mol. The molecule has 0 aliphatic heterocycles. The van der Waals surface area contributed by atoms with Crippen molar-refractivity contribution in [3.8, 4) is 0 Å². The molecule has 6 nitrogen and oxygen atoms in total. The van der Waals surface area contributed by atoms with Crippen LogP contribution in [0.15, 0.2) is 34.9 Å². The van der Waals surface area contributed by atoms with Crippen molar-refractivity contribution in [3.05, 3.63) is 52.9 Å². The Labute approximate surface area is 121 Å². The highest BCUT2D eigenvalue weighted by Gasteiger charge is 2.27. The van der Waals surface area contributed by atoms with Crippen LogP contribution >= 0.6 is 0 Å². The first kappa shape index (κ1) is 14.5. The van der Waals surface area contributed by atoms with Gasteiger partial charge in [-0.05, 0) is 11.6 Å². The number of esters is 2. The molecule has 1 heterocycles. The van der Waals surface area contributed by atoms with Crippen molar-refractivity contribution < 1.29 is 23.6 Å². The van der Waals surface area contributed by atoms with E-state index in [2.05, 4.69) is 14.6 Å². The fourth-order valence-corrected chi connectivity index (χ4v) is 1.69. The molecule has 1 aromatic heterocycles. The van der Waals surface area contributed by atoms with Gasteiger partial charge in [0.05, 0.1) is 14.2 Å². The summed E-state index contributed by atoms with van der Waals surface area (Å²) < 4.78 is 14.1. The highest BCUT2D eigenvalue weighted by molar-refractivity contribution is 6.03. The van der Waals surface area contributed by atoms with Crippen molar-refractivity contribution in [2.24, 2.45) is 0 Å². The highest BCUT2D eigenvalue weighted by atomic mass is 16.6. The molecule has 1 aromatic carbocycles. The second-order valence-corrected chi connectivity index (χ2v) is 4.00. The van der Waals surface area contributed by atoms with E-state index in [1.165, 1.54) is 14.2 Å². The molecule has 2 aromatic rings. The number of hydrogen-bond acceptors (Lipinski definition) is 6. The summed E-state index contributed by atoms with van der Waals surface area (Å²) in [6.45, 7) is 0. The lowest BCUT2D eigenvalue weighted by atomic mass is 10.1. The van der Waals surface area contributed by atoms with E-state index < -0.39 is 11.9 Å². The van der Waals surface area contributed by atoms with Gasteiger partial charge in [-0.1, -0.05) is 41.6 Å². The maximum absolute atomic E-state index is 11.8. The fourth-order valence-electron chi connectivity index (χ4n) is 1.69. The van der Waals surface area contributed by atoms with Crippen LogP contribution in [0.2, 0.25) is 0 Å². The molecule has 2 rings (SSSR count). The van der Waals surface area contributed by atoms with Gasteiger partial charge >= 0.3 is 11.9 Å². The topological polar surface area (TPSA) is 78.6 Å². The predicted octanol–water partition coefficient (Wildman–Crippen LogP) is 2.42. The van der Waals surface area contributed by atoms with Crippen LogP contribution in [0.1, 0.15) is 32.2 Å². The highest BCUT2D eigenvalue weighted by Crippen LogP contribution is 2.19. The minimum atomic E-state index is -0.790. The predicted molar refractivity (Wildman–Crippen MR) is 74.6 cm³/mol. The number of carbonyl (C=O) groups is 2. The summed E-state index contributed by atoms with van der Waals surface area (Å²) in [5.41, 5.74) is 1.05. The summed E-state index contributed by atoms with van der Waals surface area (Å²) in [5.74, 6) is -1.79. The molecule has 21 heavy (non-hydrogen) atoms. The van der Waals surface area contributed by atoms with Crippen LogP contribution in [-0.4, -0.2) is 31.3 Å². The third-order valence-electron chi connectivity index (χ3n) is 2.71. The third kappa shape index (κ3) is 3.17. The maximum atomic E-state index is 11.8. The third-order valence-corrected chi connectivity index (χ3v) is 2.71. The van der Waals surface area contributed by atoms with E-state index in [-0.39, 0.29) is 17.0 Å². The molecule has 0 aliphatic rings. The zero-order valence-electron chi connectivity index (χ0n) is 11.5. The smallest absolute Gasteiger partial charge is 0.377 e. The SMILES string of the molecule is COC(=O)c1onc(/C=C/c2ccccc2)c1C(=O)OC. The molecule has 0 amide bonds. The Kier molecular flexibility index (Phi) is 4.50. The zero-order valence-corrected chi connectivity index (χ0v) is 11.5. The lowest BCUT2D eigenvalue weighted by molar-refractivity contribution is 0.0521. The van der Waals surface area contributed by atoms with Crippen LogP contribution in [0.5, 0.6) is 0 Å². The molecule has 0 aliphatic carbocycles. The average molecular weight is 287 g/mol. The monoisotopic (exact) mass is 287 g/mol. The van der Waals surface area contributed by atoms with Crippen molar-refractivity contribution in [2.45, 2.75) is 0 Å². The number of carbonyl (C=O) groups excluding carboxylic acids is 2. The Hall–Kier alpha value is -2.89.